The van der Waals surface area contributed by atoms with E-state index in [2.05, 4.69) is 54.3 Å². The highest BCUT2D eigenvalue weighted by molar-refractivity contribution is 5.37. The first-order valence-corrected chi connectivity index (χ1v) is 5.89. The Labute approximate surface area is 102 Å². The molecular formula is C14H19N3. The number of imidazole rings is 1. The van der Waals surface area contributed by atoms with Gasteiger partial charge in [0.2, 0.25) is 0 Å². The van der Waals surface area contributed by atoms with E-state index < -0.39 is 0 Å². The number of H-pyrrole nitrogens is 1. The SMILES string of the molecule is CNc1nc(Cc2cc(C)ccc2C)c(C)[nH]1. The van der Waals surface area contributed by atoms with Gasteiger partial charge in [0, 0.05) is 19.2 Å². The fraction of sp³-hybridized carbons (Fsp3) is 0.357. The molecule has 0 saturated carbocycles. The molecule has 1 aromatic heterocycles. The van der Waals surface area contributed by atoms with Crippen LogP contribution in [0, 0.1) is 20.8 Å². The summed E-state index contributed by atoms with van der Waals surface area (Å²) < 4.78 is 0. The number of hydrogen-bond acceptors (Lipinski definition) is 2. The van der Waals surface area contributed by atoms with Crippen molar-refractivity contribution in [2.24, 2.45) is 0 Å². The molecule has 17 heavy (non-hydrogen) atoms. The van der Waals surface area contributed by atoms with Crippen LogP contribution in [0.4, 0.5) is 5.95 Å². The van der Waals surface area contributed by atoms with Crippen LogP contribution in [0.1, 0.15) is 28.1 Å². The van der Waals surface area contributed by atoms with Crippen LogP contribution >= 0.6 is 0 Å². The van der Waals surface area contributed by atoms with Gasteiger partial charge in [-0.15, -0.1) is 0 Å². The number of hydrogen-bond donors (Lipinski definition) is 2. The Balaban J connectivity index is 2.30. The van der Waals surface area contributed by atoms with E-state index >= 15 is 0 Å². The molecule has 0 unspecified atom stereocenters. The maximum Gasteiger partial charge on any atom is 0.200 e. The third kappa shape index (κ3) is 2.49. The zero-order chi connectivity index (χ0) is 12.4. The lowest BCUT2D eigenvalue weighted by molar-refractivity contribution is 1.06. The van der Waals surface area contributed by atoms with Crippen LogP contribution in [-0.4, -0.2) is 17.0 Å². The Bertz CT molecular complexity index is 526. The van der Waals surface area contributed by atoms with E-state index in [1.54, 1.807) is 0 Å². The molecular weight excluding hydrogens is 210 g/mol. The van der Waals surface area contributed by atoms with Gasteiger partial charge >= 0.3 is 0 Å². The van der Waals surface area contributed by atoms with Gasteiger partial charge in [-0.2, -0.15) is 0 Å². The Morgan fingerprint density at radius 2 is 2.00 bits per heavy atom. The Kier molecular flexibility index (Phi) is 3.18. The molecule has 0 amide bonds. The summed E-state index contributed by atoms with van der Waals surface area (Å²) in [5.41, 5.74) is 6.22. The van der Waals surface area contributed by atoms with E-state index in [-0.39, 0.29) is 0 Å². The highest BCUT2D eigenvalue weighted by Crippen LogP contribution is 2.17. The van der Waals surface area contributed by atoms with Crippen molar-refractivity contribution in [3.05, 3.63) is 46.3 Å². The van der Waals surface area contributed by atoms with Crippen LogP contribution in [0.25, 0.3) is 0 Å². The fourth-order valence-corrected chi connectivity index (χ4v) is 1.96. The molecule has 90 valence electrons. The standard InChI is InChI=1S/C14H19N3/c1-9-5-6-10(2)12(7-9)8-13-11(3)16-14(15-4)17-13/h5-7H,8H2,1-4H3,(H2,15,16,17). The maximum atomic E-state index is 4.53. The molecule has 2 aromatic rings. The first-order chi connectivity index (χ1) is 8.10. The van der Waals surface area contributed by atoms with Crippen molar-refractivity contribution in [3.63, 3.8) is 0 Å². The second-order valence-corrected chi connectivity index (χ2v) is 4.51. The smallest absolute Gasteiger partial charge is 0.200 e. The maximum absolute atomic E-state index is 4.53. The van der Waals surface area contributed by atoms with Gasteiger partial charge in [-0.3, -0.25) is 0 Å². The topological polar surface area (TPSA) is 40.7 Å². The number of rotatable bonds is 3. The molecule has 3 heteroatoms. The zero-order valence-corrected chi connectivity index (χ0v) is 10.9. The number of aryl methyl sites for hydroxylation is 3. The Hall–Kier alpha value is -1.77. The summed E-state index contributed by atoms with van der Waals surface area (Å²) >= 11 is 0. The quantitative estimate of drug-likeness (QED) is 0.849. The normalized spacial score (nSPS) is 10.6. The van der Waals surface area contributed by atoms with E-state index in [0.29, 0.717) is 0 Å². The Morgan fingerprint density at radius 1 is 1.24 bits per heavy atom. The van der Waals surface area contributed by atoms with E-state index in [1.807, 2.05) is 7.05 Å². The van der Waals surface area contributed by atoms with Crippen LogP contribution in [0.5, 0.6) is 0 Å². The minimum Gasteiger partial charge on any atom is -0.359 e. The number of nitrogens with one attached hydrogen (secondary N) is 2. The monoisotopic (exact) mass is 229 g/mol. The predicted molar refractivity (Wildman–Crippen MR) is 71.6 cm³/mol. The van der Waals surface area contributed by atoms with Crippen LogP contribution in [0.2, 0.25) is 0 Å². The van der Waals surface area contributed by atoms with Crippen LogP contribution < -0.4 is 5.32 Å². The third-order valence-corrected chi connectivity index (χ3v) is 3.08. The highest BCUT2D eigenvalue weighted by Gasteiger charge is 2.08. The van der Waals surface area contributed by atoms with Crippen molar-refractivity contribution in [1.29, 1.82) is 0 Å². The summed E-state index contributed by atoms with van der Waals surface area (Å²) in [4.78, 5) is 7.75. The van der Waals surface area contributed by atoms with Crippen molar-refractivity contribution in [2.75, 3.05) is 12.4 Å². The van der Waals surface area contributed by atoms with Gasteiger partial charge < -0.3 is 10.3 Å². The largest absolute Gasteiger partial charge is 0.359 e. The molecule has 1 heterocycles. The van der Waals surface area contributed by atoms with Crippen molar-refractivity contribution in [1.82, 2.24) is 9.97 Å². The van der Waals surface area contributed by atoms with Gasteiger partial charge in [0.25, 0.3) is 0 Å². The van der Waals surface area contributed by atoms with Crippen LogP contribution in [-0.2, 0) is 6.42 Å². The second-order valence-electron chi connectivity index (χ2n) is 4.51. The van der Waals surface area contributed by atoms with E-state index in [9.17, 15) is 0 Å². The molecule has 3 nitrogen and oxygen atoms in total. The molecule has 1 aromatic carbocycles. The van der Waals surface area contributed by atoms with E-state index in [0.717, 1.165) is 23.8 Å². The lowest BCUT2D eigenvalue weighted by Crippen LogP contribution is -1.95. The molecule has 2 rings (SSSR count). The number of anilines is 1. The van der Waals surface area contributed by atoms with Gasteiger partial charge in [0.15, 0.2) is 5.95 Å². The average Bonchev–Trinajstić information content (AvgIpc) is 2.65. The Morgan fingerprint density at radius 3 is 2.65 bits per heavy atom. The minimum absolute atomic E-state index is 0.836. The summed E-state index contributed by atoms with van der Waals surface area (Å²) in [6.45, 7) is 6.34. The third-order valence-electron chi connectivity index (χ3n) is 3.08. The molecule has 0 aliphatic rings. The fourth-order valence-electron chi connectivity index (χ4n) is 1.96. The van der Waals surface area contributed by atoms with Gasteiger partial charge in [-0.25, -0.2) is 4.98 Å². The highest BCUT2D eigenvalue weighted by atomic mass is 15.1. The molecule has 0 atom stereocenters. The van der Waals surface area contributed by atoms with Crippen LogP contribution in [0.15, 0.2) is 18.2 Å². The molecule has 0 spiro atoms. The van der Waals surface area contributed by atoms with Gasteiger partial charge in [-0.05, 0) is 31.9 Å². The number of nitrogens with zero attached hydrogens (tertiary/aromatic N) is 1. The first-order valence-electron chi connectivity index (χ1n) is 5.89. The summed E-state index contributed by atoms with van der Waals surface area (Å²) in [5.74, 6) is 0.836. The van der Waals surface area contributed by atoms with Crippen molar-refractivity contribution in [3.8, 4) is 0 Å². The lowest BCUT2D eigenvalue weighted by atomic mass is 10.0. The summed E-state index contributed by atoms with van der Waals surface area (Å²) in [6, 6.07) is 6.56. The number of aromatic nitrogens is 2. The van der Waals surface area contributed by atoms with Gasteiger partial charge in [0.05, 0.1) is 5.69 Å². The molecule has 0 radical (unpaired) electrons. The summed E-state index contributed by atoms with van der Waals surface area (Å²) in [7, 11) is 1.87. The lowest BCUT2D eigenvalue weighted by Gasteiger charge is -2.05. The zero-order valence-electron chi connectivity index (χ0n) is 10.9. The average molecular weight is 229 g/mol. The first kappa shape index (κ1) is 11.7. The van der Waals surface area contributed by atoms with Gasteiger partial charge in [-0.1, -0.05) is 23.8 Å². The molecule has 0 fully saturated rings. The molecule has 2 N–H and O–H groups in total. The molecule has 0 saturated heterocycles. The van der Waals surface area contributed by atoms with Gasteiger partial charge in [0.1, 0.15) is 0 Å². The van der Waals surface area contributed by atoms with Crippen LogP contribution in [0.3, 0.4) is 0 Å². The number of benzene rings is 1. The molecule has 0 aliphatic heterocycles. The molecule has 0 aliphatic carbocycles. The van der Waals surface area contributed by atoms with E-state index in [1.165, 1.54) is 16.7 Å². The minimum atomic E-state index is 0.836. The van der Waals surface area contributed by atoms with Crippen molar-refractivity contribution < 1.29 is 0 Å². The number of aromatic amines is 1. The predicted octanol–water partition coefficient (Wildman–Crippen LogP) is 2.97. The summed E-state index contributed by atoms with van der Waals surface area (Å²) in [6.07, 6.45) is 0.886. The van der Waals surface area contributed by atoms with Crippen molar-refractivity contribution >= 4 is 5.95 Å². The van der Waals surface area contributed by atoms with Crippen molar-refractivity contribution in [2.45, 2.75) is 27.2 Å². The second kappa shape index (κ2) is 4.62. The summed E-state index contributed by atoms with van der Waals surface area (Å²) in [5, 5.41) is 3.03. The van der Waals surface area contributed by atoms with E-state index in [4.69, 9.17) is 0 Å². The molecule has 0 bridgehead atoms.